The van der Waals surface area contributed by atoms with Gasteiger partial charge in [-0.15, -0.1) is 0 Å². The van der Waals surface area contributed by atoms with Gasteiger partial charge < -0.3 is 14.4 Å². The number of ether oxygens (including phenoxy) is 2. The Bertz CT molecular complexity index is 467. The normalized spacial score (nSPS) is 20.9. The molecule has 2 rings (SSSR count). The Morgan fingerprint density at radius 2 is 1.95 bits per heavy atom. The predicted octanol–water partition coefficient (Wildman–Crippen LogP) is 3.14. The second-order valence-corrected chi connectivity index (χ2v) is 6.50. The Balaban J connectivity index is 1.88. The molecule has 1 amide bonds. The van der Waals surface area contributed by atoms with E-state index in [0.29, 0.717) is 13.0 Å². The van der Waals surface area contributed by atoms with Crippen molar-refractivity contribution in [3.8, 4) is 0 Å². The lowest BCUT2D eigenvalue weighted by molar-refractivity contribution is -0.141. The molecule has 1 heterocycles. The van der Waals surface area contributed by atoms with Crippen molar-refractivity contribution in [2.24, 2.45) is 0 Å². The summed E-state index contributed by atoms with van der Waals surface area (Å²) >= 11 is 0. The molecule has 1 fully saturated rings. The van der Waals surface area contributed by atoms with Crippen LogP contribution in [0.15, 0.2) is 30.3 Å². The summed E-state index contributed by atoms with van der Waals surface area (Å²) < 4.78 is 11.2. The van der Waals surface area contributed by atoms with E-state index in [0.717, 1.165) is 5.56 Å². The molecule has 4 heteroatoms. The molecule has 4 nitrogen and oxygen atoms in total. The van der Waals surface area contributed by atoms with E-state index in [9.17, 15) is 4.79 Å². The van der Waals surface area contributed by atoms with Crippen LogP contribution >= 0.6 is 0 Å². The largest absolute Gasteiger partial charge is 0.350 e. The number of nitrogens with zero attached hydrogens (tertiary/aromatic N) is 1. The van der Waals surface area contributed by atoms with Crippen LogP contribution in [-0.2, 0) is 14.3 Å². The molecule has 1 unspecified atom stereocenters. The summed E-state index contributed by atoms with van der Waals surface area (Å²) in [4.78, 5) is 14.1. The van der Waals surface area contributed by atoms with Crippen LogP contribution in [0.4, 0.5) is 0 Å². The standard InChI is InChI=1S/C17H25NO3/c1-13(14-8-6-5-7-9-14)18-11-15(10-16(18)19)20-12-21-17(2,3)4/h5-9,13,15H,10-12H2,1-4H3/t13-,15?/m1/s1. The average Bonchev–Trinajstić information content (AvgIpc) is 2.78. The van der Waals surface area contributed by atoms with Crippen LogP contribution in [-0.4, -0.2) is 35.8 Å². The Morgan fingerprint density at radius 1 is 1.29 bits per heavy atom. The van der Waals surface area contributed by atoms with Gasteiger partial charge in [0.05, 0.1) is 24.2 Å². The third-order valence-electron chi connectivity index (χ3n) is 3.67. The smallest absolute Gasteiger partial charge is 0.225 e. The molecule has 21 heavy (non-hydrogen) atoms. The molecule has 0 bridgehead atoms. The van der Waals surface area contributed by atoms with E-state index in [1.807, 2.05) is 43.9 Å². The monoisotopic (exact) mass is 291 g/mol. The highest BCUT2D eigenvalue weighted by Crippen LogP contribution is 2.26. The highest BCUT2D eigenvalue weighted by atomic mass is 16.7. The summed E-state index contributed by atoms with van der Waals surface area (Å²) in [5.74, 6) is 0.145. The minimum Gasteiger partial charge on any atom is -0.350 e. The summed E-state index contributed by atoms with van der Waals surface area (Å²) in [5.41, 5.74) is 0.928. The molecule has 0 aromatic heterocycles. The van der Waals surface area contributed by atoms with Crippen molar-refractivity contribution < 1.29 is 14.3 Å². The van der Waals surface area contributed by atoms with Gasteiger partial charge in [-0.1, -0.05) is 30.3 Å². The van der Waals surface area contributed by atoms with Crippen LogP contribution in [0.3, 0.4) is 0 Å². The van der Waals surface area contributed by atoms with Crippen LogP contribution in [0.2, 0.25) is 0 Å². The van der Waals surface area contributed by atoms with Gasteiger partial charge in [0.2, 0.25) is 5.91 Å². The number of carbonyl (C=O) groups is 1. The number of hydrogen-bond donors (Lipinski definition) is 0. The van der Waals surface area contributed by atoms with E-state index in [1.165, 1.54) is 0 Å². The zero-order valence-electron chi connectivity index (χ0n) is 13.3. The summed E-state index contributed by atoms with van der Waals surface area (Å²) in [6.07, 6.45) is 0.357. The molecule has 1 aromatic rings. The number of benzene rings is 1. The fourth-order valence-corrected chi connectivity index (χ4v) is 2.40. The summed E-state index contributed by atoms with van der Waals surface area (Å²) in [5, 5.41) is 0. The van der Waals surface area contributed by atoms with Crippen molar-refractivity contribution in [1.29, 1.82) is 0 Å². The molecular formula is C17H25NO3. The first-order chi connectivity index (χ1) is 9.87. The second kappa shape index (κ2) is 6.58. The van der Waals surface area contributed by atoms with Crippen LogP contribution in [0, 0.1) is 0 Å². The van der Waals surface area contributed by atoms with Gasteiger partial charge in [-0.05, 0) is 33.3 Å². The van der Waals surface area contributed by atoms with Gasteiger partial charge in [0.15, 0.2) is 0 Å². The fraction of sp³-hybridized carbons (Fsp3) is 0.588. The minimum absolute atomic E-state index is 0.0778. The van der Waals surface area contributed by atoms with E-state index in [4.69, 9.17) is 9.47 Å². The van der Waals surface area contributed by atoms with Gasteiger partial charge in [-0.2, -0.15) is 0 Å². The van der Waals surface area contributed by atoms with E-state index in [-0.39, 0.29) is 30.4 Å². The van der Waals surface area contributed by atoms with Gasteiger partial charge >= 0.3 is 0 Å². The zero-order valence-corrected chi connectivity index (χ0v) is 13.3. The van der Waals surface area contributed by atoms with Crippen molar-refractivity contribution in [3.05, 3.63) is 35.9 Å². The molecule has 1 saturated heterocycles. The maximum absolute atomic E-state index is 12.2. The average molecular weight is 291 g/mol. The first kappa shape index (κ1) is 16.0. The molecule has 1 aromatic carbocycles. The Hall–Kier alpha value is -1.39. The van der Waals surface area contributed by atoms with Crippen molar-refractivity contribution in [3.63, 3.8) is 0 Å². The van der Waals surface area contributed by atoms with Gasteiger partial charge in [0, 0.05) is 6.54 Å². The first-order valence-corrected chi connectivity index (χ1v) is 7.47. The van der Waals surface area contributed by atoms with Crippen molar-refractivity contribution in [2.75, 3.05) is 13.3 Å². The van der Waals surface area contributed by atoms with Gasteiger partial charge in [0.1, 0.15) is 6.79 Å². The van der Waals surface area contributed by atoms with Crippen LogP contribution in [0.5, 0.6) is 0 Å². The molecule has 0 saturated carbocycles. The van der Waals surface area contributed by atoms with E-state index >= 15 is 0 Å². The van der Waals surface area contributed by atoms with Gasteiger partial charge in [-0.3, -0.25) is 4.79 Å². The Kier molecular flexibility index (Phi) is 5.01. The second-order valence-electron chi connectivity index (χ2n) is 6.50. The number of hydrogen-bond acceptors (Lipinski definition) is 3. The van der Waals surface area contributed by atoms with E-state index < -0.39 is 0 Å². The number of amides is 1. The van der Waals surface area contributed by atoms with Crippen LogP contribution in [0.1, 0.15) is 45.7 Å². The van der Waals surface area contributed by atoms with E-state index in [2.05, 4.69) is 19.1 Å². The SMILES string of the molecule is C[C@H](c1ccccc1)N1CC(OCOC(C)(C)C)CC1=O. The third-order valence-corrected chi connectivity index (χ3v) is 3.67. The molecular weight excluding hydrogens is 266 g/mol. The molecule has 0 radical (unpaired) electrons. The zero-order chi connectivity index (χ0) is 15.5. The van der Waals surface area contributed by atoms with Gasteiger partial charge in [-0.25, -0.2) is 0 Å². The van der Waals surface area contributed by atoms with Gasteiger partial charge in [0.25, 0.3) is 0 Å². The maximum atomic E-state index is 12.2. The van der Waals surface area contributed by atoms with Crippen molar-refractivity contribution >= 4 is 5.91 Å². The molecule has 0 aliphatic carbocycles. The maximum Gasteiger partial charge on any atom is 0.225 e. The minimum atomic E-state index is -0.223. The molecule has 1 aliphatic heterocycles. The predicted molar refractivity (Wildman–Crippen MR) is 81.8 cm³/mol. The number of likely N-dealkylation sites (tertiary alicyclic amines) is 1. The molecule has 2 atom stereocenters. The number of rotatable bonds is 5. The Morgan fingerprint density at radius 3 is 2.57 bits per heavy atom. The highest BCUT2D eigenvalue weighted by Gasteiger charge is 2.33. The summed E-state index contributed by atoms with van der Waals surface area (Å²) in [6, 6.07) is 10.2. The third kappa shape index (κ3) is 4.55. The lowest BCUT2D eigenvalue weighted by Crippen LogP contribution is -2.30. The highest BCUT2D eigenvalue weighted by molar-refractivity contribution is 5.79. The van der Waals surface area contributed by atoms with Crippen molar-refractivity contribution in [1.82, 2.24) is 4.90 Å². The molecule has 0 spiro atoms. The van der Waals surface area contributed by atoms with E-state index in [1.54, 1.807) is 0 Å². The Labute approximate surface area is 127 Å². The summed E-state index contributed by atoms with van der Waals surface area (Å²) in [7, 11) is 0. The lowest BCUT2D eigenvalue weighted by Gasteiger charge is -2.25. The summed E-state index contributed by atoms with van der Waals surface area (Å²) in [6.45, 7) is 8.87. The fourth-order valence-electron chi connectivity index (χ4n) is 2.40. The quantitative estimate of drug-likeness (QED) is 0.782. The molecule has 0 N–H and O–H groups in total. The molecule has 116 valence electrons. The topological polar surface area (TPSA) is 38.8 Å². The lowest BCUT2D eigenvalue weighted by atomic mass is 10.1. The number of carbonyl (C=O) groups excluding carboxylic acids is 1. The van der Waals surface area contributed by atoms with Crippen LogP contribution < -0.4 is 0 Å². The molecule has 1 aliphatic rings. The first-order valence-electron chi connectivity index (χ1n) is 7.47. The van der Waals surface area contributed by atoms with Crippen LogP contribution in [0.25, 0.3) is 0 Å². The van der Waals surface area contributed by atoms with Crippen molar-refractivity contribution in [2.45, 2.75) is 51.9 Å².